The predicted octanol–water partition coefficient (Wildman–Crippen LogP) is 0.158. The summed E-state index contributed by atoms with van der Waals surface area (Å²) in [4.78, 5) is 14.8. The summed E-state index contributed by atoms with van der Waals surface area (Å²) in [5.74, 6) is 1.03. The van der Waals surface area contributed by atoms with E-state index in [9.17, 15) is 4.79 Å². The summed E-state index contributed by atoms with van der Waals surface area (Å²) in [7, 11) is 0. The Kier molecular flexibility index (Phi) is 1.09. The van der Waals surface area contributed by atoms with Gasteiger partial charge in [-0.1, -0.05) is 6.07 Å². The highest BCUT2D eigenvalue weighted by molar-refractivity contribution is 5.98. The molecule has 0 atom stereocenters. The molecule has 3 N–H and O–H groups in total. The monoisotopic (exact) mass is 149 g/mol. The molecule has 1 amide bonds. The fraction of sp³-hybridized carbons (Fsp3) is 0.143. The van der Waals surface area contributed by atoms with E-state index in [2.05, 4.69) is 10.3 Å². The van der Waals surface area contributed by atoms with Crippen molar-refractivity contribution in [1.29, 1.82) is 0 Å². The number of rotatable bonds is 0. The van der Waals surface area contributed by atoms with Crippen LogP contribution in [0.4, 0.5) is 11.6 Å². The topological polar surface area (TPSA) is 68.0 Å². The molecule has 2 heterocycles. The first-order chi connectivity index (χ1) is 5.25. The predicted molar refractivity (Wildman–Crippen MR) is 41.0 cm³/mol. The van der Waals surface area contributed by atoms with E-state index in [4.69, 9.17) is 5.73 Å². The average Bonchev–Trinajstić information content (AvgIpc) is 2.27. The maximum atomic E-state index is 10.8. The van der Waals surface area contributed by atoms with Crippen molar-refractivity contribution >= 4 is 17.5 Å². The number of nitrogens with one attached hydrogen (secondary N) is 1. The Balaban J connectivity index is 2.51. The molecule has 0 aromatic carbocycles. The summed E-state index contributed by atoms with van der Waals surface area (Å²) < 4.78 is 0. The quantitative estimate of drug-likeness (QED) is 0.552. The second-order valence-corrected chi connectivity index (χ2v) is 2.47. The van der Waals surface area contributed by atoms with E-state index in [1.165, 1.54) is 0 Å². The maximum Gasteiger partial charge on any atom is 0.230 e. The number of pyridine rings is 1. The van der Waals surface area contributed by atoms with Crippen LogP contribution in [0.5, 0.6) is 0 Å². The van der Waals surface area contributed by atoms with Crippen molar-refractivity contribution in [3.63, 3.8) is 0 Å². The van der Waals surface area contributed by atoms with Crippen molar-refractivity contribution in [2.24, 2.45) is 0 Å². The summed E-state index contributed by atoms with van der Waals surface area (Å²) in [6.07, 6.45) is 0.419. The first kappa shape index (κ1) is 6.15. The minimum Gasteiger partial charge on any atom is -0.384 e. The Bertz CT molecular complexity index is 321. The molecule has 4 heteroatoms. The van der Waals surface area contributed by atoms with Gasteiger partial charge < -0.3 is 11.1 Å². The first-order valence-electron chi connectivity index (χ1n) is 3.31. The van der Waals surface area contributed by atoms with Crippen LogP contribution in [0.2, 0.25) is 0 Å². The average molecular weight is 149 g/mol. The summed E-state index contributed by atoms with van der Waals surface area (Å²) in [6, 6.07) is 3.51. The normalized spacial score (nSPS) is 14.4. The Morgan fingerprint density at radius 1 is 1.55 bits per heavy atom. The van der Waals surface area contributed by atoms with Gasteiger partial charge in [0.25, 0.3) is 0 Å². The first-order valence-corrected chi connectivity index (χ1v) is 3.31. The summed E-state index contributed by atoms with van der Waals surface area (Å²) in [6.45, 7) is 0. The van der Waals surface area contributed by atoms with Gasteiger partial charge in [0.1, 0.15) is 11.6 Å². The number of nitrogens with two attached hydrogens (primary N) is 1. The number of nitrogens with zero attached hydrogens (tertiary/aromatic N) is 1. The molecule has 1 aliphatic rings. The SMILES string of the molecule is Nc1ccc2c(n1)NC(=O)C2. The molecule has 2 rings (SSSR count). The molecule has 1 aliphatic heterocycles. The Labute approximate surface area is 63.4 Å². The van der Waals surface area contributed by atoms with Crippen LogP contribution in [0.25, 0.3) is 0 Å². The Morgan fingerprint density at radius 2 is 2.36 bits per heavy atom. The molecule has 0 fully saturated rings. The van der Waals surface area contributed by atoms with Crippen LogP contribution in [0.1, 0.15) is 5.56 Å². The van der Waals surface area contributed by atoms with Crippen LogP contribution in [0.3, 0.4) is 0 Å². The molecule has 0 saturated heterocycles. The number of carbonyl (C=O) groups excluding carboxylic acids is 1. The van der Waals surface area contributed by atoms with Crippen LogP contribution in [-0.4, -0.2) is 10.9 Å². The van der Waals surface area contributed by atoms with Crippen LogP contribution in [0.15, 0.2) is 12.1 Å². The molecule has 11 heavy (non-hydrogen) atoms. The number of anilines is 2. The minimum absolute atomic E-state index is 0.0156. The minimum atomic E-state index is -0.0156. The molecule has 56 valence electrons. The van der Waals surface area contributed by atoms with Crippen molar-refractivity contribution in [2.75, 3.05) is 11.1 Å². The number of fused-ring (bicyclic) bond motifs is 1. The highest BCUT2D eigenvalue weighted by Crippen LogP contribution is 2.20. The van der Waals surface area contributed by atoms with Crippen molar-refractivity contribution < 1.29 is 4.79 Å². The summed E-state index contributed by atoms with van der Waals surface area (Å²) in [5, 5.41) is 2.61. The second kappa shape index (κ2) is 1.95. The van der Waals surface area contributed by atoms with E-state index in [1.54, 1.807) is 6.07 Å². The highest BCUT2D eigenvalue weighted by Gasteiger charge is 2.17. The molecule has 0 radical (unpaired) electrons. The largest absolute Gasteiger partial charge is 0.384 e. The van der Waals surface area contributed by atoms with Gasteiger partial charge in [-0.05, 0) is 6.07 Å². The van der Waals surface area contributed by atoms with Gasteiger partial charge in [-0.2, -0.15) is 0 Å². The van der Waals surface area contributed by atoms with Crippen molar-refractivity contribution in [3.8, 4) is 0 Å². The van der Waals surface area contributed by atoms with Crippen molar-refractivity contribution in [2.45, 2.75) is 6.42 Å². The van der Waals surface area contributed by atoms with Gasteiger partial charge in [-0.15, -0.1) is 0 Å². The van der Waals surface area contributed by atoms with Gasteiger partial charge in [0, 0.05) is 5.56 Å². The van der Waals surface area contributed by atoms with Crippen molar-refractivity contribution in [3.05, 3.63) is 17.7 Å². The van der Waals surface area contributed by atoms with Crippen LogP contribution in [-0.2, 0) is 11.2 Å². The lowest BCUT2D eigenvalue weighted by molar-refractivity contribution is -0.115. The van der Waals surface area contributed by atoms with Crippen LogP contribution in [0, 0.1) is 0 Å². The van der Waals surface area contributed by atoms with E-state index < -0.39 is 0 Å². The Morgan fingerprint density at radius 3 is 3.18 bits per heavy atom. The third kappa shape index (κ3) is 0.920. The van der Waals surface area contributed by atoms with Gasteiger partial charge >= 0.3 is 0 Å². The molecule has 4 nitrogen and oxygen atoms in total. The molecular weight excluding hydrogens is 142 g/mol. The zero-order valence-corrected chi connectivity index (χ0v) is 5.79. The van der Waals surface area contributed by atoms with Gasteiger partial charge in [0.15, 0.2) is 0 Å². The van der Waals surface area contributed by atoms with Gasteiger partial charge in [-0.25, -0.2) is 4.98 Å². The molecule has 0 spiro atoms. The number of amides is 1. The standard InChI is InChI=1S/C7H7N3O/c8-5-2-1-4-3-6(11)10-7(4)9-5/h1-2H,3H2,(H3,8,9,10,11). The van der Waals surface area contributed by atoms with E-state index in [1.807, 2.05) is 6.07 Å². The lowest BCUT2D eigenvalue weighted by Gasteiger charge is -1.96. The van der Waals surface area contributed by atoms with E-state index >= 15 is 0 Å². The number of carbonyl (C=O) groups is 1. The zero-order chi connectivity index (χ0) is 7.84. The van der Waals surface area contributed by atoms with Gasteiger partial charge in [-0.3, -0.25) is 4.79 Å². The fourth-order valence-electron chi connectivity index (χ4n) is 1.10. The molecule has 0 unspecified atom stereocenters. The lowest BCUT2D eigenvalue weighted by Crippen LogP contribution is -2.04. The lowest BCUT2D eigenvalue weighted by atomic mass is 10.2. The number of hydrogen-bond acceptors (Lipinski definition) is 3. The van der Waals surface area contributed by atoms with Crippen LogP contribution < -0.4 is 11.1 Å². The molecule has 0 aliphatic carbocycles. The van der Waals surface area contributed by atoms with Crippen molar-refractivity contribution in [1.82, 2.24) is 4.98 Å². The maximum absolute atomic E-state index is 10.8. The molecule has 1 aromatic heterocycles. The number of aromatic nitrogens is 1. The summed E-state index contributed by atoms with van der Waals surface area (Å²) in [5.41, 5.74) is 6.33. The number of hydrogen-bond donors (Lipinski definition) is 2. The Hall–Kier alpha value is -1.58. The molecule has 0 saturated carbocycles. The molecule has 0 bridgehead atoms. The third-order valence-electron chi connectivity index (χ3n) is 1.61. The van der Waals surface area contributed by atoms with Crippen LogP contribution >= 0.6 is 0 Å². The van der Waals surface area contributed by atoms with E-state index in [0.29, 0.717) is 18.1 Å². The zero-order valence-electron chi connectivity index (χ0n) is 5.79. The van der Waals surface area contributed by atoms with Gasteiger partial charge in [0.2, 0.25) is 5.91 Å². The highest BCUT2D eigenvalue weighted by atomic mass is 16.1. The number of nitrogen functional groups attached to an aromatic ring is 1. The van der Waals surface area contributed by atoms with E-state index in [-0.39, 0.29) is 5.91 Å². The summed E-state index contributed by atoms with van der Waals surface area (Å²) >= 11 is 0. The smallest absolute Gasteiger partial charge is 0.230 e. The fourth-order valence-corrected chi connectivity index (χ4v) is 1.10. The third-order valence-corrected chi connectivity index (χ3v) is 1.61. The molecular formula is C7H7N3O. The second-order valence-electron chi connectivity index (χ2n) is 2.47. The van der Waals surface area contributed by atoms with Gasteiger partial charge in [0.05, 0.1) is 6.42 Å². The molecule has 1 aromatic rings. The van der Waals surface area contributed by atoms with E-state index in [0.717, 1.165) is 5.56 Å².